The SMILES string of the molecule is CCOC(=O)C1CCN(C(=O)[C@H](C)Sc2nnnn2-c2cccc(C)c2)CC1. The van der Waals surface area contributed by atoms with Gasteiger partial charge >= 0.3 is 5.97 Å². The quantitative estimate of drug-likeness (QED) is 0.540. The van der Waals surface area contributed by atoms with Crippen LogP contribution < -0.4 is 0 Å². The largest absolute Gasteiger partial charge is 0.466 e. The molecule has 0 saturated carbocycles. The maximum atomic E-state index is 12.8. The van der Waals surface area contributed by atoms with Crippen LogP contribution in [0.1, 0.15) is 32.3 Å². The minimum atomic E-state index is -0.325. The highest BCUT2D eigenvalue weighted by molar-refractivity contribution is 8.00. The molecule has 1 aliphatic rings. The number of amides is 1. The summed E-state index contributed by atoms with van der Waals surface area (Å²) in [5.74, 6) is -0.235. The lowest BCUT2D eigenvalue weighted by atomic mass is 9.97. The van der Waals surface area contributed by atoms with E-state index in [0.29, 0.717) is 37.7 Å². The second-order valence-electron chi connectivity index (χ2n) is 6.82. The molecule has 1 aromatic heterocycles. The van der Waals surface area contributed by atoms with Gasteiger partial charge in [-0.3, -0.25) is 9.59 Å². The van der Waals surface area contributed by atoms with Gasteiger partial charge in [0.25, 0.3) is 0 Å². The van der Waals surface area contributed by atoms with E-state index >= 15 is 0 Å². The van der Waals surface area contributed by atoms with E-state index in [9.17, 15) is 9.59 Å². The summed E-state index contributed by atoms with van der Waals surface area (Å²) >= 11 is 1.34. The number of hydrogen-bond donors (Lipinski definition) is 0. The lowest BCUT2D eigenvalue weighted by Gasteiger charge is -2.32. The number of tetrazole rings is 1. The van der Waals surface area contributed by atoms with Crippen molar-refractivity contribution >= 4 is 23.6 Å². The number of thioether (sulfide) groups is 1. The van der Waals surface area contributed by atoms with Crippen LogP contribution >= 0.6 is 11.8 Å². The average Bonchev–Trinajstić information content (AvgIpc) is 3.16. The zero-order valence-corrected chi connectivity index (χ0v) is 17.2. The first-order valence-corrected chi connectivity index (χ1v) is 10.3. The number of carbonyl (C=O) groups excluding carboxylic acids is 2. The number of likely N-dealkylation sites (tertiary alicyclic amines) is 1. The number of aromatic nitrogens is 4. The van der Waals surface area contributed by atoms with Crippen molar-refractivity contribution in [3.8, 4) is 5.69 Å². The maximum Gasteiger partial charge on any atom is 0.309 e. The van der Waals surface area contributed by atoms with Gasteiger partial charge in [0.2, 0.25) is 11.1 Å². The van der Waals surface area contributed by atoms with E-state index in [2.05, 4.69) is 15.5 Å². The first kappa shape index (κ1) is 20.3. The molecule has 1 atom stereocenters. The first-order valence-electron chi connectivity index (χ1n) is 9.47. The van der Waals surface area contributed by atoms with Crippen LogP contribution in [-0.4, -0.2) is 61.9 Å². The van der Waals surface area contributed by atoms with Crippen LogP contribution in [0.3, 0.4) is 0 Å². The number of rotatable bonds is 6. The van der Waals surface area contributed by atoms with Crippen LogP contribution in [0, 0.1) is 12.8 Å². The Morgan fingerprint density at radius 2 is 2.07 bits per heavy atom. The van der Waals surface area contributed by atoms with E-state index in [-0.39, 0.29) is 23.0 Å². The third-order valence-electron chi connectivity index (χ3n) is 4.74. The molecule has 0 unspecified atom stereocenters. The molecule has 0 aliphatic carbocycles. The molecule has 2 aromatic rings. The van der Waals surface area contributed by atoms with Crippen molar-refractivity contribution in [2.75, 3.05) is 19.7 Å². The Kier molecular flexibility index (Phi) is 6.66. The van der Waals surface area contributed by atoms with Crippen LogP contribution in [0.4, 0.5) is 0 Å². The van der Waals surface area contributed by atoms with Crippen molar-refractivity contribution in [2.45, 2.75) is 44.0 Å². The van der Waals surface area contributed by atoms with Gasteiger partial charge in [0.1, 0.15) is 0 Å². The Morgan fingerprint density at radius 3 is 2.75 bits per heavy atom. The summed E-state index contributed by atoms with van der Waals surface area (Å²) in [5.41, 5.74) is 1.97. The summed E-state index contributed by atoms with van der Waals surface area (Å²) in [6, 6.07) is 7.88. The Morgan fingerprint density at radius 1 is 1.32 bits per heavy atom. The lowest BCUT2D eigenvalue weighted by molar-refractivity contribution is -0.151. The van der Waals surface area contributed by atoms with Crippen molar-refractivity contribution in [1.29, 1.82) is 0 Å². The molecular weight excluding hydrogens is 378 g/mol. The minimum absolute atomic E-state index is 0.0334. The fourth-order valence-electron chi connectivity index (χ4n) is 3.24. The van der Waals surface area contributed by atoms with Gasteiger partial charge in [0.15, 0.2) is 0 Å². The molecule has 1 amide bonds. The van der Waals surface area contributed by atoms with E-state index in [1.54, 1.807) is 11.6 Å². The van der Waals surface area contributed by atoms with Gasteiger partial charge in [-0.05, 0) is 61.7 Å². The summed E-state index contributed by atoms with van der Waals surface area (Å²) in [5, 5.41) is 12.2. The highest BCUT2D eigenvalue weighted by Gasteiger charge is 2.31. The van der Waals surface area contributed by atoms with Gasteiger partial charge in [-0.15, -0.1) is 5.10 Å². The van der Waals surface area contributed by atoms with Gasteiger partial charge in [-0.2, -0.15) is 4.68 Å². The highest BCUT2D eigenvalue weighted by Crippen LogP contribution is 2.26. The molecule has 0 spiro atoms. The van der Waals surface area contributed by atoms with Gasteiger partial charge in [0, 0.05) is 13.1 Å². The van der Waals surface area contributed by atoms with E-state index in [4.69, 9.17) is 4.74 Å². The number of nitrogens with zero attached hydrogens (tertiary/aromatic N) is 5. The molecule has 8 nitrogen and oxygen atoms in total. The second kappa shape index (κ2) is 9.18. The Labute approximate surface area is 168 Å². The van der Waals surface area contributed by atoms with Crippen molar-refractivity contribution in [3.63, 3.8) is 0 Å². The number of carbonyl (C=O) groups is 2. The third-order valence-corrected chi connectivity index (χ3v) is 5.76. The summed E-state index contributed by atoms with van der Waals surface area (Å²) in [6.45, 7) is 7.19. The fourth-order valence-corrected chi connectivity index (χ4v) is 4.13. The molecule has 3 rings (SSSR count). The normalized spacial score (nSPS) is 16.0. The Hall–Kier alpha value is -2.42. The maximum absolute atomic E-state index is 12.8. The molecule has 9 heteroatoms. The van der Waals surface area contributed by atoms with E-state index < -0.39 is 0 Å². The molecule has 28 heavy (non-hydrogen) atoms. The number of aryl methyl sites for hydroxylation is 1. The van der Waals surface area contributed by atoms with Gasteiger partial charge < -0.3 is 9.64 Å². The summed E-state index contributed by atoms with van der Waals surface area (Å²) in [6.07, 6.45) is 1.28. The number of ether oxygens (including phenoxy) is 1. The van der Waals surface area contributed by atoms with Crippen molar-refractivity contribution in [1.82, 2.24) is 25.1 Å². The van der Waals surface area contributed by atoms with Crippen LogP contribution in [0.15, 0.2) is 29.4 Å². The Bertz CT molecular complexity index is 832. The molecule has 150 valence electrons. The summed E-state index contributed by atoms with van der Waals surface area (Å²) in [4.78, 5) is 26.5. The zero-order valence-electron chi connectivity index (χ0n) is 16.4. The van der Waals surface area contributed by atoms with E-state index in [1.807, 2.05) is 43.0 Å². The van der Waals surface area contributed by atoms with Gasteiger partial charge in [-0.25, -0.2) is 0 Å². The summed E-state index contributed by atoms with van der Waals surface area (Å²) < 4.78 is 6.73. The zero-order chi connectivity index (χ0) is 20.1. The van der Waals surface area contributed by atoms with Gasteiger partial charge in [0.05, 0.1) is 23.5 Å². The molecule has 0 radical (unpaired) electrons. The predicted octanol–water partition coefficient (Wildman–Crippen LogP) is 2.25. The highest BCUT2D eigenvalue weighted by atomic mass is 32.2. The monoisotopic (exact) mass is 403 g/mol. The standard InChI is InChI=1S/C19H25N5O3S/c1-4-27-18(26)15-8-10-23(11-9-15)17(25)14(3)28-19-20-21-22-24(19)16-7-5-6-13(2)12-16/h5-7,12,14-15H,4,8-11H2,1-3H3/t14-/m0/s1. The molecule has 0 N–H and O–H groups in total. The van der Waals surface area contributed by atoms with Crippen molar-refractivity contribution < 1.29 is 14.3 Å². The predicted molar refractivity (Wildman–Crippen MR) is 105 cm³/mol. The van der Waals surface area contributed by atoms with Crippen LogP contribution in [0.25, 0.3) is 5.69 Å². The molecule has 0 bridgehead atoms. The molecule has 1 aromatic carbocycles. The molecular formula is C19H25N5O3S. The molecule has 1 aliphatic heterocycles. The summed E-state index contributed by atoms with van der Waals surface area (Å²) in [7, 11) is 0. The average molecular weight is 404 g/mol. The Balaban J connectivity index is 1.60. The minimum Gasteiger partial charge on any atom is -0.466 e. The second-order valence-corrected chi connectivity index (χ2v) is 8.13. The lowest BCUT2D eigenvalue weighted by Crippen LogP contribution is -2.43. The first-order chi connectivity index (χ1) is 13.5. The van der Waals surface area contributed by atoms with Crippen LogP contribution in [0.2, 0.25) is 0 Å². The molecule has 1 fully saturated rings. The smallest absolute Gasteiger partial charge is 0.309 e. The van der Waals surface area contributed by atoms with Crippen LogP contribution in [-0.2, 0) is 14.3 Å². The van der Waals surface area contributed by atoms with Crippen molar-refractivity contribution in [3.05, 3.63) is 29.8 Å². The van der Waals surface area contributed by atoms with Gasteiger partial charge in [-0.1, -0.05) is 23.9 Å². The topological polar surface area (TPSA) is 90.2 Å². The third kappa shape index (κ3) is 4.70. The van der Waals surface area contributed by atoms with E-state index in [0.717, 1.165) is 11.3 Å². The number of hydrogen-bond acceptors (Lipinski definition) is 7. The number of benzene rings is 1. The fraction of sp³-hybridized carbons (Fsp3) is 0.526. The van der Waals surface area contributed by atoms with Crippen molar-refractivity contribution in [2.24, 2.45) is 5.92 Å². The van der Waals surface area contributed by atoms with Crippen LogP contribution in [0.5, 0.6) is 0 Å². The number of piperidine rings is 1. The van der Waals surface area contributed by atoms with E-state index in [1.165, 1.54) is 11.8 Å². The number of esters is 1. The molecule has 1 saturated heterocycles. The molecule has 2 heterocycles.